The standard InChI is InChI=1S/C21H25ClFN5O2S/c1-3-8-24-19(29)13-31-21-25-17(22)11-18(26-21)27-9-10-28(14(2)12-27)20(30)15-6-4-5-7-16(15)23/h4-7,11,14H,3,8-10,12-13H2,1-2H3,(H,24,29). The number of anilines is 1. The van der Waals surface area contributed by atoms with Crippen LogP contribution in [-0.4, -0.2) is 64.7 Å². The second-order valence-electron chi connectivity index (χ2n) is 7.24. The number of rotatable bonds is 7. The third-order valence-electron chi connectivity index (χ3n) is 4.88. The highest BCUT2D eigenvalue weighted by Gasteiger charge is 2.30. The van der Waals surface area contributed by atoms with E-state index >= 15 is 0 Å². The van der Waals surface area contributed by atoms with Crippen molar-refractivity contribution in [3.05, 3.63) is 46.9 Å². The van der Waals surface area contributed by atoms with Gasteiger partial charge in [-0.15, -0.1) is 0 Å². The van der Waals surface area contributed by atoms with Gasteiger partial charge in [0.25, 0.3) is 5.91 Å². The Morgan fingerprint density at radius 3 is 2.77 bits per heavy atom. The van der Waals surface area contributed by atoms with Crippen molar-refractivity contribution >= 4 is 41.0 Å². The lowest BCUT2D eigenvalue weighted by molar-refractivity contribution is -0.118. The van der Waals surface area contributed by atoms with Crippen LogP contribution >= 0.6 is 23.4 Å². The lowest BCUT2D eigenvalue weighted by atomic mass is 10.1. The number of nitrogens with zero attached hydrogens (tertiary/aromatic N) is 4. The Morgan fingerprint density at radius 1 is 1.29 bits per heavy atom. The highest BCUT2D eigenvalue weighted by Crippen LogP contribution is 2.25. The fourth-order valence-corrected chi connectivity index (χ4v) is 4.23. The summed E-state index contributed by atoms with van der Waals surface area (Å²) >= 11 is 7.41. The summed E-state index contributed by atoms with van der Waals surface area (Å²) in [6, 6.07) is 7.53. The molecule has 0 spiro atoms. The Morgan fingerprint density at radius 2 is 2.06 bits per heavy atom. The zero-order valence-electron chi connectivity index (χ0n) is 17.5. The van der Waals surface area contributed by atoms with Gasteiger partial charge in [0.15, 0.2) is 5.16 Å². The molecule has 2 aromatic rings. The van der Waals surface area contributed by atoms with Crippen LogP contribution in [-0.2, 0) is 4.79 Å². The van der Waals surface area contributed by atoms with E-state index in [1.807, 2.05) is 18.7 Å². The van der Waals surface area contributed by atoms with Crippen LogP contribution in [0.1, 0.15) is 30.6 Å². The lowest BCUT2D eigenvalue weighted by Gasteiger charge is -2.40. The van der Waals surface area contributed by atoms with Crippen molar-refractivity contribution in [1.29, 1.82) is 0 Å². The predicted molar refractivity (Wildman–Crippen MR) is 120 cm³/mol. The number of nitrogens with one attached hydrogen (secondary N) is 1. The largest absolute Gasteiger partial charge is 0.355 e. The van der Waals surface area contributed by atoms with E-state index in [1.54, 1.807) is 23.1 Å². The Hall–Kier alpha value is -2.39. The molecule has 1 aromatic heterocycles. The molecule has 0 bridgehead atoms. The molecular formula is C21H25ClFN5O2S. The summed E-state index contributed by atoms with van der Waals surface area (Å²) in [7, 11) is 0. The minimum Gasteiger partial charge on any atom is -0.355 e. The first-order valence-corrected chi connectivity index (χ1v) is 11.5. The topological polar surface area (TPSA) is 78.4 Å². The molecule has 1 unspecified atom stereocenters. The van der Waals surface area contributed by atoms with E-state index in [0.717, 1.165) is 6.42 Å². The molecule has 1 saturated heterocycles. The first kappa shape index (κ1) is 23.3. The molecule has 1 aliphatic heterocycles. The number of amides is 2. The Kier molecular flexibility index (Phi) is 8.09. The van der Waals surface area contributed by atoms with E-state index in [1.165, 1.54) is 23.9 Å². The number of carbonyl (C=O) groups is 2. The summed E-state index contributed by atoms with van der Waals surface area (Å²) in [6.45, 7) is 6.02. The minimum absolute atomic E-state index is 0.0768. The Bertz CT molecular complexity index is 948. The third kappa shape index (κ3) is 6.07. The van der Waals surface area contributed by atoms with Crippen molar-refractivity contribution < 1.29 is 14.0 Å². The highest BCUT2D eigenvalue weighted by molar-refractivity contribution is 7.99. The molecule has 0 aliphatic carbocycles. The number of benzene rings is 1. The molecule has 1 aromatic carbocycles. The lowest BCUT2D eigenvalue weighted by Crippen LogP contribution is -2.54. The molecule has 31 heavy (non-hydrogen) atoms. The van der Waals surface area contributed by atoms with Gasteiger partial charge in [0.05, 0.1) is 11.3 Å². The van der Waals surface area contributed by atoms with Gasteiger partial charge in [-0.2, -0.15) is 0 Å². The van der Waals surface area contributed by atoms with Crippen molar-refractivity contribution in [2.24, 2.45) is 0 Å². The second-order valence-corrected chi connectivity index (χ2v) is 8.57. The zero-order valence-corrected chi connectivity index (χ0v) is 19.0. The van der Waals surface area contributed by atoms with Gasteiger partial charge < -0.3 is 15.1 Å². The Labute approximate surface area is 190 Å². The molecule has 2 heterocycles. The molecule has 166 valence electrons. The molecule has 2 amide bonds. The molecular weight excluding hydrogens is 441 g/mol. The molecule has 3 rings (SSSR count). The normalized spacial score (nSPS) is 16.3. The van der Waals surface area contributed by atoms with E-state index in [-0.39, 0.29) is 29.2 Å². The summed E-state index contributed by atoms with van der Waals surface area (Å²) in [4.78, 5) is 37.0. The van der Waals surface area contributed by atoms with Crippen LogP contribution in [0.4, 0.5) is 10.2 Å². The minimum atomic E-state index is -0.519. The van der Waals surface area contributed by atoms with Gasteiger partial charge in [0.2, 0.25) is 5.91 Å². The fraction of sp³-hybridized carbons (Fsp3) is 0.429. The van der Waals surface area contributed by atoms with Crippen molar-refractivity contribution in [2.45, 2.75) is 31.5 Å². The van der Waals surface area contributed by atoms with E-state index in [0.29, 0.717) is 42.3 Å². The van der Waals surface area contributed by atoms with Crippen molar-refractivity contribution in [1.82, 2.24) is 20.2 Å². The summed E-state index contributed by atoms with van der Waals surface area (Å²) in [5, 5.41) is 3.52. The van der Waals surface area contributed by atoms with Gasteiger partial charge in [-0.1, -0.05) is 42.4 Å². The molecule has 1 N–H and O–H groups in total. The van der Waals surface area contributed by atoms with Gasteiger partial charge in [-0.25, -0.2) is 14.4 Å². The van der Waals surface area contributed by atoms with E-state index < -0.39 is 5.82 Å². The maximum absolute atomic E-state index is 14.0. The summed E-state index contributed by atoms with van der Waals surface area (Å²) in [5.41, 5.74) is 0.0768. The number of aromatic nitrogens is 2. The van der Waals surface area contributed by atoms with E-state index in [2.05, 4.69) is 15.3 Å². The molecule has 1 fully saturated rings. The average molecular weight is 466 g/mol. The summed E-state index contributed by atoms with van der Waals surface area (Å²) in [5.74, 6) is -0.0667. The fourth-order valence-electron chi connectivity index (χ4n) is 3.31. The second kappa shape index (κ2) is 10.8. The number of hydrogen-bond donors (Lipinski definition) is 1. The van der Waals surface area contributed by atoms with Gasteiger partial charge >= 0.3 is 0 Å². The van der Waals surface area contributed by atoms with Crippen molar-refractivity contribution in [3.8, 4) is 0 Å². The first-order chi connectivity index (χ1) is 14.9. The number of thioether (sulfide) groups is 1. The van der Waals surface area contributed by atoms with Gasteiger partial charge in [0, 0.05) is 38.3 Å². The summed E-state index contributed by atoms with van der Waals surface area (Å²) in [6.07, 6.45) is 0.873. The molecule has 1 aliphatic rings. The molecule has 0 saturated carbocycles. The van der Waals surface area contributed by atoms with Crippen LogP contribution in [0.15, 0.2) is 35.5 Å². The smallest absolute Gasteiger partial charge is 0.257 e. The highest BCUT2D eigenvalue weighted by atomic mass is 35.5. The van der Waals surface area contributed by atoms with Crippen LogP contribution in [0, 0.1) is 5.82 Å². The van der Waals surface area contributed by atoms with E-state index in [4.69, 9.17) is 11.6 Å². The molecule has 10 heteroatoms. The van der Waals surface area contributed by atoms with Gasteiger partial charge in [-0.05, 0) is 25.5 Å². The monoisotopic (exact) mass is 465 g/mol. The molecule has 0 radical (unpaired) electrons. The van der Waals surface area contributed by atoms with Crippen LogP contribution in [0.5, 0.6) is 0 Å². The summed E-state index contributed by atoms with van der Waals surface area (Å²) < 4.78 is 14.0. The van der Waals surface area contributed by atoms with Gasteiger partial charge in [-0.3, -0.25) is 9.59 Å². The Balaban J connectivity index is 1.65. The zero-order chi connectivity index (χ0) is 22.4. The van der Waals surface area contributed by atoms with Crippen LogP contribution < -0.4 is 10.2 Å². The molecule has 7 nitrogen and oxygen atoms in total. The van der Waals surface area contributed by atoms with Crippen LogP contribution in [0.25, 0.3) is 0 Å². The maximum atomic E-state index is 14.0. The number of piperazine rings is 1. The number of hydrogen-bond acceptors (Lipinski definition) is 6. The van der Waals surface area contributed by atoms with E-state index in [9.17, 15) is 14.0 Å². The van der Waals surface area contributed by atoms with Crippen LogP contribution in [0.3, 0.4) is 0 Å². The van der Waals surface area contributed by atoms with Crippen molar-refractivity contribution in [3.63, 3.8) is 0 Å². The SMILES string of the molecule is CCCNC(=O)CSc1nc(Cl)cc(N2CCN(C(=O)c3ccccc3F)C(C)C2)n1. The van der Waals surface area contributed by atoms with Crippen LogP contribution in [0.2, 0.25) is 5.15 Å². The third-order valence-corrected chi connectivity index (χ3v) is 5.92. The molecule has 1 atom stereocenters. The number of carbonyl (C=O) groups excluding carboxylic acids is 2. The maximum Gasteiger partial charge on any atom is 0.257 e. The first-order valence-electron chi connectivity index (χ1n) is 10.1. The quantitative estimate of drug-likeness (QED) is 0.384. The number of halogens is 2. The van der Waals surface area contributed by atoms with Gasteiger partial charge in [0.1, 0.15) is 16.8 Å². The van der Waals surface area contributed by atoms with Crippen molar-refractivity contribution in [2.75, 3.05) is 36.8 Å². The average Bonchev–Trinajstić information content (AvgIpc) is 2.75. The predicted octanol–water partition coefficient (Wildman–Crippen LogP) is 3.24.